The second kappa shape index (κ2) is 6.15. The molecule has 0 aromatic heterocycles. The molecule has 0 amide bonds. The Labute approximate surface area is 131 Å². The summed E-state index contributed by atoms with van der Waals surface area (Å²) in [5, 5.41) is 0. The van der Waals surface area contributed by atoms with Gasteiger partial charge in [0, 0.05) is 14.9 Å². The van der Waals surface area contributed by atoms with Crippen LogP contribution in [-0.4, -0.2) is 11.5 Å². The molecule has 0 N–H and O–H groups in total. The minimum absolute atomic E-state index is 0.178. The first-order valence-electron chi connectivity index (χ1n) is 6.76. The fraction of sp³-hybridized carbons (Fsp3) is 0.235. The first-order valence-corrected chi connectivity index (χ1v) is 8.53. The molecule has 0 spiro atoms. The fourth-order valence-corrected chi connectivity index (χ4v) is 3.79. The maximum Gasteiger partial charge on any atom is 0.173 e. The minimum atomic E-state index is 0.178. The number of thioether (sulfide) groups is 1. The lowest BCUT2D eigenvalue weighted by Crippen LogP contribution is -2.02. The molecule has 2 aromatic carbocycles. The van der Waals surface area contributed by atoms with Crippen molar-refractivity contribution in [2.24, 2.45) is 0 Å². The van der Waals surface area contributed by atoms with E-state index in [0.29, 0.717) is 5.75 Å². The molecule has 0 saturated carbocycles. The Kier molecular flexibility index (Phi) is 4.27. The molecule has 0 aliphatic heterocycles. The monoisotopic (exact) mass is 346 g/mol. The first-order chi connectivity index (χ1) is 9.72. The summed E-state index contributed by atoms with van der Waals surface area (Å²) in [5.41, 5.74) is 3.71. The molecule has 3 heteroatoms. The number of halogens is 1. The Balaban J connectivity index is 1.66. The molecule has 0 saturated heterocycles. The van der Waals surface area contributed by atoms with Gasteiger partial charge in [0.2, 0.25) is 0 Å². The second-order valence-corrected chi connectivity index (χ2v) is 6.97. The predicted molar refractivity (Wildman–Crippen MR) is 87.7 cm³/mol. The highest BCUT2D eigenvalue weighted by molar-refractivity contribution is 9.10. The average Bonchev–Trinajstić information content (AvgIpc) is 2.92. The van der Waals surface area contributed by atoms with Crippen LogP contribution in [0.2, 0.25) is 0 Å². The van der Waals surface area contributed by atoms with E-state index in [1.807, 2.05) is 24.3 Å². The van der Waals surface area contributed by atoms with Gasteiger partial charge in [-0.25, -0.2) is 0 Å². The van der Waals surface area contributed by atoms with Crippen molar-refractivity contribution < 1.29 is 4.79 Å². The van der Waals surface area contributed by atoms with Gasteiger partial charge >= 0.3 is 0 Å². The zero-order valence-electron chi connectivity index (χ0n) is 11.1. The lowest BCUT2D eigenvalue weighted by Gasteiger charge is -2.05. The normalized spacial score (nSPS) is 13.2. The molecule has 0 atom stereocenters. The van der Waals surface area contributed by atoms with E-state index >= 15 is 0 Å². The molecule has 0 bridgehead atoms. The Hall–Kier alpha value is -1.06. The Morgan fingerprint density at radius 1 is 1.10 bits per heavy atom. The first kappa shape index (κ1) is 13.9. The molecular weight excluding hydrogens is 332 g/mol. The molecule has 0 unspecified atom stereocenters. The third kappa shape index (κ3) is 3.15. The Morgan fingerprint density at radius 2 is 1.95 bits per heavy atom. The highest BCUT2D eigenvalue weighted by atomic mass is 79.9. The predicted octanol–water partition coefficient (Wildman–Crippen LogP) is 4.91. The number of benzene rings is 2. The van der Waals surface area contributed by atoms with Crippen LogP contribution in [0.4, 0.5) is 0 Å². The largest absolute Gasteiger partial charge is 0.293 e. The molecule has 1 aliphatic carbocycles. The standard InChI is InChI=1S/C17H15BrOS/c18-15-6-2-5-14(9-15)17(19)11-20-16-8-7-12-3-1-4-13(12)10-16/h2,5-10H,1,3-4,11H2. The molecule has 1 aliphatic rings. The van der Waals surface area contributed by atoms with Crippen molar-refractivity contribution in [3.8, 4) is 0 Å². The van der Waals surface area contributed by atoms with Crippen molar-refractivity contribution in [2.75, 3.05) is 5.75 Å². The second-order valence-electron chi connectivity index (χ2n) is 5.01. The summed E-state index contributed by atoms with van der Waals surface area (Å²) in [6.07, 6.45) is 3.65. The van der Waals surface area contributed by atoms with E-state index in [0.717, 1.165) is 10.0 Å². The molecule has 2 aromatic rings. The molecule has 0 heterocycles. The maximum atomic E-state index is 12.2. The molecule has 0 radical (unpaired) electrons. The van der Waals surface area contributed by atoms with Gasteiger partial charge in [-0.3, -0.25) is 4.79 Å². The number of rotatable bonds is 4. The van der Waals surface area contributed by atoms with Gasteiger partial charge in [-0.2, -0.15) is 0 Å². The van der Waals surface area contributed by atoms with Gasteiger partial charge < -0.3 is 0 Å². The molecular formula is C17H15BrOS. The van der Waals surface area contributed by atoms with Gasteiger partial charge in [-0.1, -0.05) is 34.1 Å². The van der Waals surface area contributed by atoms with Crippen LogP contribution in [0.25, 0.3) is 0 Å². The number of carbonyl (C=O) groups excluding carboxylic acids is 1. The number of hydrogen-bond acceptors (Lipinski definition) is 2. The van der Waals surface area contributed by atoms with E-state index < -0.39 is 0 Å². The van der Waals surface area contributed by atoms with Crippen molar-refractivity contribution in [1.29, 1.82) is 0 Å². The van der Waals surface area contributed by atoms with Gasteiger partial charge in [0.15, 0.2) is 5.78 Å². The lowest BCUT2D eigenvalue weighted by molar-refractivity contribution is 0.102. The van der Waals surface area contributed by atoms with Gasteiger partial charge in [0.05, 0.1) is 5.75 Å². The average molecular weight is 347 g/mol. The van der Waals surface area contributed by atoms with E-state index in [1.165, 1.54) is 35.3 Å². The number of hydrogen-bond donors (Lipinski definition) is 0. The Bertz CT molecular complexity index is 651. The summed E-state index contributed by atoms with van der Waals surface area (Å²) in [4.78, 5) is 13.4. The maximum absolute atomic E-state index is 12.2. The SMILES string of the molecule is O=C(CSc1ccc2c(c1)CCC2)c1cccc(Br)c1. The molecule has 102 valence electrons. The number of fused-ring (bicyclic) bond motifs is 1. The van der Waals surface area contributed by atoms with Crippen LogP contribution in [-0.2, 0) is 12.8 Å². The number of aryl methyl sites for hydroxylation is 2. The van der Waals surface area contributed by atoms with E-state index in [1.54, 1.807) is 11.8 Å². The quantitative estimate of drug-likeness (QED) is 0.577. The lowest BCUT2D eigenvalue weighted by atomic mass is 10.1. The number of carbonyl (C=O) groups is 1. The summed E-state index contributed by atoms with van der Waals surface area (Å²) < 4.78 is 0.950. The van der Waals surface area contributed by atoms with Gasteiger partial charge in [0.1, 0.15) is 0 Å². The van der Waals surface area contributed by atoms with Gasteiger partial charge in [0.25, 0.3) is 0 Å². The topological polar surface area (TPSA) is 17.1 Å². The summed E-state index contributed by atoms with van der Waals surface area (Å²) >= 11 is 5.03. The van der Waals surface area contributed by atoms with Gasteiger partial charge in [-0.05, 0) is 54.7 Å². The van der Waals surface area contributed by atoms with Crippen LogP contribution >= 0.6 is 27.7 Å². The van der Waals surface area contributed by atoms with Crippen molar-refractivity contribution >= 4 is 33.5 Å². The third-order valence-corrected chi connectivity index (χ3v) is 5.07. The van der Waals surface area contributed by atoms with Crippen molar-refractivity contribution in [3.63, 3.8) is 0 Å². The van der Waals surface area contributed by atoms with Gasteiger partial charge in [-0.15, -0.1) is 11.8 Å². The molecule has 0 fully saturated rings. The zero-order valence-corrected chi connectivity index (χ0v) is 13.5. The summed E-state index contributed by atoms with van der Waals surface area (Å²) in [7, 11) is 0. The molecule has 3 rings (SSSR count). The van der Waals surface area contributed by atoms with Crippen LogP contribution in [0.5, 0.6) is 0 Å². The molecule has 1 nitrogen and oxygen atoms in total. The zero-order chi connectivity index (χ0) is 13.9. The summed E-state index contributed by atoms with van der Waals surface area (Å²) in [6.45, 7) is 0. The van der Waals surface area contributed by atoms with E-state index in [4.69, 9.17) is 0 Å². The van der Waals surface area contributed by atoms with Crippen molar-refractivity contribution in [2.45, 2.75) is 24.2 Å². The number of ketones is 1. The summed E-state index contributed by atoms with van der Waals surface area (Å²) in [6, 6.07) is 14.2. The van der Waals surface area contributed by atoms with E-state index in [9.17, 15) is 4.79 Å². The number of Topliss-reactive ketones (excluding diaryl/α,β-unsaturated/α-hetero) is 1. The summed E-state index contributed by atoms with van der Waals surface area (Å²) in [5.74, 6) is 0.673. The smallest absolute Gasteiger partial charge is 0.173 e. The highest BCUT2D eigenvalue weighted by Crippen LogP contribution is 2.28. The van der Waals surface area contributed by atoms with E-state index in [-0.39, 0.29) is 5.78 Å². The third-order valence-electron chi connectivity index (χ3n) is 3.59. The van der Waals surface area contributed by atoms with Crippen molar-refractivity contribution in [1.82, 2.24) is 0 Å². The van der Waals surface area contributed by atoms with E-state index in [2.05, 4.69) is 34.1 Å². The van der Waals surface area contributed by atoms with Crippen LogP contribution in [0.1, 0.15) is 27.9 Å². The fourth-order valence-electron chi connectivity index (χ4n) is 2.53. The van der Waals surface area contributed by atoms with Crippen LogP contribution < -0.4 is 0 Å². The van der Waals surface area contributed by atoms with Crippen LogP contribution in [0, 0.1) is 0 Å². The highest BCUT2D eigenvalue weighted by Gasteiger charge is 2.12. The van der Waals surface area contributed by atoms with Crippen LogP contribution in [0.15, 0.2) is 51.8 Å². The minimum Gasteiger partial charge on any atom is -0.293 e. The molecule has 20 heavy (non-hydrogen) atoms. The Morgan fingerprint density at radius 3 is 2.80 bits per heavy atom. The van der Waals surface area contributed by atoms with Crippen molar-refractivity contribution in [3.05, 3.63) is 63.6 Å². The van der Waals surface area contributed by atoms with Crippen LogP contribution in [0.3, 0.4) is 0 Å².